The number of benzene rings is 2. The second-order valence-corrected chi connectivity index (χ2v) is 7.18. The molecule has 7 heteroatoms. The molecule has 0 aliphatic heterocycles. The Balaban J connectivity index is 1.46. The van der Waals surface area contributed by atoms with Crippen LogP contribution in [0.5, 0.6) is 0 Å². The van der Waals surface area contributed by atoms with Crippen LogP contribution in [0.3, 0.4) is 0 Å². The number of rotatable bonds is 6. The lowest BCUT2D eigenvalue weighted by Crippen LogP contribution is -2.24. The predicted molar refractivity (Wildman–Crippen MR) is 124 cm³/mol. The highest BCUT2D eigenvalue weighted by Gasteiger charge is 2.15. The van der Waals surface area contributed by atoms with Gasteiger partial charge in [0.1, 0.15) is 11.5 Å². The Labute approximate surface area is 184 Å². The molecule has 0 spiro atoms. The number of imidazole rings is 1. The smallest absolute Gasteiger partial charge is 0.255 e. The van der Waals surface area contributed by atoms with Crippen molar-refractivity contribution in [1.82, 2.24) is 24.7 Å². The first kappa shape index (κ1) is 19.4. The summed E-state index contributed by atoms with van der Waals surface area (Å²) in [4.78, 5) is 26.5. The Bertz CT molecular complexity index is 1370. The first-order valence-electron chi connectivity index (χ1n) is 10.2. The third-order valence-corrected chi connectivity index (χ3v) is 5.04. The van der Waals surface area contributed by atoms with Crippen molar-refractivity contribution in [3.8, 4) is 11.3 Å². The maximum absolute atomic E-state index is 12.9. The van der Waals surface area contributed by atoms with Gasteiger partial charge in [-0.3, -0.25) is 9.20 Å². The van der Waals surface area contributed by atoms with Gasteiger partial charge in [0, 0.05) is 36.8 Å². The van der Waals surface area contributed by atoms with Gasteiger partial charge in [-0.1, -0.05) is 60.7 Å². The van der Waals surface area contributed by atoms with Crippen LogP contribution in [0.25, 0.3) is 16.9 Å². The molecule has 1 amide bonds. The van der Waals surface area contributed by atoms with Crippen molar-refractivity contribution >= 4 is 23.3 Å². The van der Waals surface area contributed by atoms with Gasteiger partial charge in [0.05, 0.1) is 11.3 Å². The van der Waals surface area contributed by atoms with E-state index in [1.807, 2.05) is 77.3 Å². The maximum Gasteiger partial charge on any atom is 0.255 e. The fourth-order valence-corrected chi connectivity index (χ4v) is 3.44. The summed E-state index contributed by atoms with van der Waals surface area (Å²) in [6, 6.07) is 25.1. The molecule has 0 fully saturated rings. The number of hydrogen-bond donors (Lipinski definition) is 2. The van der Waals surface area contributed by atoms with Gasteiger partial charge < -0.3 is 10.6 Å². The van der Waals surface area contributed by atoms with E-state index in [4.69, 9.17) is 4.98 Å². The van der Waals surface area contributed by atoms with E-state index in [2.05, 4.69) is 20.6 Å². The lowest BCUT2D eigenvalue weighted by molar-refractivity contribution is 0.0951. The zero-order chi connectivity index (χ0) is 21.8. The number of carbonyl (C=O) groups excluding carboxylic acids is 1. The van der Waals surface area contributed by atoms with Gasteiger partial charge in [0.25, 0.3) is 5.91 Å². The number of hydrogen-bond acceptors (Lipinski definition) is 5. The van der Waals surface area contributed by atoms with Crippen LogP contribution in [-0.4, -0.2) is 25.3 Å². The number of pyridine rings is 1. The summed E-state index contributed by atoms with van der Waals surface area (Å²) in [5.41, 5.74) is 3.95. The Morgan fingerprint density at radius 3 is 2.47 bits per heavy atom. The molecule has 0 bridgehead atoms. The van der Waals surface area contributed by atoms with E-state index in [0.717, 1.165) is 22.5 Å². The molecule has 5 rings (SSSR count). The first-order chi connectivity index (χ1) is 15.8. The second kappa shape index (κ2) is 8.69. The molecule has 2 aromatic carbocycles. The Hall–Kier alpha value is -4.52. The van der Waals surface area contributed by atoms with Crippen LogP contribution in [0, 0.1) is 0 Å². The van der Waals surface area contributed by atoms with Crippen LogP contribution in [0.4, 0.5) is 11.8 Å². The van der Waals surface area contributed by atoms with Gasteiger partial charge >= 0.3 is 0 Å². The molecule has 0 radical (unpaired) electrons. The lowest BCUT2D eigenvalue weighted by Gasteiger charge is -2.13. The van der Waals surface area contributed by atoms with Crippen molar-refractivity contribution in [3.63, 3.8) is 0 Å². The molecule has 3 heterocycles. The largest absolute Gasteiger partial charge is 0.348 e. The van der Waals surface area contributed by atoms with Crippen molar-refractivity contribution < 1.29 is 4.79 Å². The molecule has 0 unspecified atom stereocenters. The van der Waals surface area contributed by atoms with Crippen molar-refractivity contribution in [2.75, 3.05) is 5.32 Å². The lowest BCUT2D eigenvalue weighted by atomic mass is 10.1. The van der Waals surface area contributed by atoms with E-state index in [9.17, 15) is 4.79 Å². The van der Waals surface area contributed by atoms with E-state index < -0.39 is 0 Å². The number of anilines is 2. The van der Waals surface area contributed by atoms with Crippen molar-refractivity contribution in [1.29, 1.82) is 0 Å². The molecule has 0 saturated heterocycles. The zero-order valence-corrected chi connectivity index (χ0v) is 17.1. The summed E-state index contributed by atoms with van der Waals surface area (Å²) in [6.07, 6.45) is 5.17. The average molecular weight is 420 g/mol. The summed E-state index contributed by atoms with van der Waals surface area (Å²) >= 11 is 0. The van der Waals surface area contributed by atoms with E-state index in [1.165, 1.54) is 0 Å². The van der Waals surface area contributed by atoms with E-state index in [0.29, 0.717) is 23.9 Å². The summed E-state index contributed by atoms with van der Waals surface area (Å²) < 4.78 is 1.83. The molecule has 2 N–H and O–H groups in total. The minimum absolute atomic E-state index is 0.217. The zero-order valence-electron chi connectivity index (χ0n) is 17.1. The third-order valence-electron chi connectivity index (χ3n) is 5.04. The highest BCUT2D eigenvalue weighted by molar-refractivity contribution is 5.99. The predicted octanol–water partition coefficient (Wildman–Crippen LogP) is 4.46. The molecule has 0 atom stereocenters. The van der Waals surface area contributed by atoms with Crippen molar-refractivity contribution in [2.24, 2.45) is 0 Å². The quantitative estimate of drug-likeness (QED) is 0.424. The number of nitrogens with zero attached hydrogens (tertiary/aromatic N) is 4. The molecule has 32 heavy (non-hydrogen) atoms. The fourth-order valence-electron chi connectivity index (χ4n) is 3.44. The van der Waals surface area contributed by atoms with Crippen LogP contribution >= 0.6 is 0 Å². The van der Waals surface area contributed by atoms with Gasteiger partial charge in [-0.15, -0.1) is 0 Å². The number of fused-ring (bicyclic) bond motifs is 1. The third kappa shape index (κ3) is 4.04. The van der Waals surface area contributed by atoms with Crippen LogP contribution in [-0.2, 0) is 6.54 Å². The number of aromatic nitrogens is 4. The SMILES string of the molecule is O=C(NCc1ccccc1)c1cccnc1Nc1nc(-c2ccccc2)cc2nccn12. The minimum atomic E-state index is -0.217. The highest BCUT2D eigenvalue weighted by atomic mass is 16.1. The summed E-state index contributed by atoms with van der Waals surface area (Å²) in [6.45, 7) is 0.432. The molecule has 0 aliphatic rings. The van der Waals surface area contributed by atoms with Crippen LogP contribution in [0.15, 0.2) is 97.5 Å². The molecule has 5 aromatic rings. The van der Waals surface area contributed by atoms with Gasteiger partial charge in [-0.05, 0) is 17.7 Å². The van der Waals surface area contributed by atoms with Crippen LogP contribution in [0.1, 0.15) is 15.9 Å². The summed E-state index contributed by atoms with van der Waals surface area (Å²) in [5.74, 6) is 0.728. The first-order valence-corrected chi connectivity index (χ1v) is 10.2. The average Bonchev–Trinajstić information content (AvgIpc) is 3.33. The van der Waals surface area contributed by atoms with Gasteiger partial charge in [-0.2, -0.15) is 0 Å². The van der Waals surface area contributed by atoms with Crippen molar-refractivity contribution in [2.45, 2.75) is 6.54 Å². The van der Waals surface area contributed by atoms with Crippen LogP contribution in [0.2, 0.25) is 0 Å². The molecule has 156 valence electrons. The highest BCUT2D eigenvalue weighted by Crippen LogP contribution is 2.24. The van der Waals surface area contributed by atoms with Gasteiger partial charge in [0.2, 0.25) is 5.95 Å². The normalized spacial score (nSPS) is 10.8. The molecular weight excluding hydrogens is 400 g/mol. The molecule has 0 aliphatic carbocycles. The standard InChI is InChI=1S/C25H20N6O/c32-24(28-17-18-8-3-1-4-9-18)20-12-7-13-27-23(20)30-25-29-21(19-10-5-2-6-11-19)16-22-26-14-15-31(22)25/h1-16H,17H2,(H,28,32)(H,27,29,30). The summed E-state index contributed by atoms with van der Waals surface area (Å²) in [5, 5.41) is 6.18. The molecule has 3 aromatic heterocycles. The Kier molecular flexibility index (Phi) is 5.28. The van der Waals surface area contributed by atoms with Gasteiger partial charge in [-0.25, -0.2) is 15.0 Å². The topological polar surface area (TPSA) is 84.2 Å². The number of carbonyl (C=O) groups is 1. The maximum atomic E-state index is 12.9. The monoisotopic (exact) mass is 420 g/mol. The fraction of sp³-hybridized carbons (Fsp3) is 0.0400. The summed E-state index contributed by atoms with van der Waals surface area (Å²) in [7, 11) is 0. The Morgan fingerprint density at radius 2 is 1.66 bits per heavy atom. The van der Waals surface area contributed by atoms with E-state index in [-0.39, 0.29) is 5.91 Å². The Morgan fingerprint density at radius 1 is 0.875 bits per heavy atom. The number of amides is 1. The van der Waals surface area contributed by atoms with E-state index in [1.54, 1.807) is 24.5 Å². The van der Waals surface area contributed by atoms with Gasteiger partial charge in [0.15, 0.2) is 0 Å². The second-order valence-electron chi connectivity index (χ2n) is 7.18. The molecule has 0 saturated carbocycles. The molecule has 7 nitrogen and oxygen atoms in total. The minimum Gasteiger partial charge on any atom is -0.348 e. The van der Waals surface area contributed by atoms with Crippen molar-refractivity contribution in [3.05, 3.63) is 109 Å². The number of nitrogens with one attached hydrogen (secondary N) is 2. The molecular formula is C25H20N6O. The van der Waals surface area contributed by atoms with E-state index >= 15 is 0 Å². The van der Waals surface area contributed by atoms with Crippen LogP contribution < -0.4 is 10.6 Å².